The van der Waals surface area contributed by atoms with Crippen LogP contribution in [0.3, 0.4) is 0 Å². The number of hydrogen-bond donors (Lipinski definition) is 0. The predicted octanol–water partition coefficient (Wildman–Crippen LogP) is 13.5. The highest BCUT2D eigenvalue weighted by atomic mass is 14.8. The van der Waals surface area contributed by atoms with Crippen molar-refractivity contribution >= 4 is 23.3 Å². The van der Waals surface area contributed by atoms with Gasteiger partial charge in [-0.2, -0.15) is 0 Å². The SMILES string of the molecule is CCCCCCCCCCCc1ccc(N=CC(CCCC)=Nc2ccc(CCCCCCCCCCC)cc2)cc1. The lowest BCUT2D eigenvalue weighted by molar-refractivity contribution is 0.565. The molecule has 0 atom stereocenters. The molecule has 2 aromatic carbocycles. The third kappa shape index (κ3) is 18.3. The zero-order valence-corrected chi connectivity index (χ0v) is 27.9. The second-order valence-electron chi connectivity index (χ2n) is 12.5. The second kappa shape index (κ2) is 25.3. The minimum atomic E-state index is 0.969. The molecular weight excluding hydrogens is 508 g/mol. The van der Waals surface area contributed by atoms with E-state index in [0.29, 0.717) is 0 Å². The van der Waals surface area contributed by atoms with Crippen molar-refractivity contribution in [2.45, 2.75) is 168 Å². The molecule has 0 N–H and O–H groups in total. The van der Waals surface area contributed by atoms with Crippen LogP contribution in [-0.4, -0.2) is 11.9 Å². The minimum absolute atomic E-state index is 0.969. The standard InChI is InChI=1S/C40H64N2/c1-4-7-10-12-14-16-18-20-22-24-36-27-31-38(32-28-36)41-35-40(26-9-6-3)42-39-33-29-37(30-34-39)25-23-21-19-17-15-13-11-8-5-2/h27-35H,4-26H2,1-3H3. The van der Waals surface area contributed by atoms with Crippen molar-refractivity contribution < 1.29 is 0 Å². The van der Waals surface area contributed by atoms with Gasteiger partial charge in [0, 0.05) is 6.21 Å². The molecule has 0 aromatic heterocycles. The molecule has 42 heavy (non-hydrogen) atoms. The van der Waals surface area contributed by atoms with Gasteiger partial charge in [-0.25, -0.2) is 0 Å². The summed E-state index contributed by atoms with van der Waals surface area (Å²) in [5, 5.41) is 0. The Bertz CT molecular complexity index is 939. The lowest BCUT2D eigenvalue weighted by Gasteiger charge is -2.05. The van der Waals surface area contributed by atoms with Gasteiger partial charge >= 0.3 is 0 Å². The summed E-state index contributed by atoms with van der Waals surface area (Å²) in [5.74, 6) is 0. The van der Waals surface area contributed by atoms with Gasteiger partial charge in [0.1, 0.15) is 0 Å². The van der Waals surface area contributed by atoms with Gasteiger partial charge in [0.25, 0.3) is 0 Å². The van der Waals surface area contributed by atoms with Crippen molar-refractivity contribution in [1.29, 1.82) is 0 Å². The molecule has 0 aliphatic rings. The molecule has 0 amide bonds. The molecule has 0 unspecified atom stereocenters. The Morgan fingerprint density at radius 3 is 1.26 bits per heavy atom. The zero-order chi connectivity index (χ0) is 29.9. The van der Waals surface area contributed by atoms with Gasteiger partial charge in [-0.05, 0) is 73.9 Å². The van der Waals surface area contributed by atoms with E-state index >= 15 is 0 Å². The van der Waals surface area contributed by atoms with Crippen LogP contribution in [0.2, 0.25) is 0 Å². The molecule has 234 valence electrons. The Kier molecular flexibility index (Phi) is 21.7. The molecular formula is C40H64N2. The van der Waals surface area contributed by atoms with E-state index in [1.807, 2.05) is 6.21 Å². The lowest BCUT2D eigenvalue weighted by Crippen LogP contribution is -1.99. The van der Waals surface area contributed by atoms with Crippen molar-refractivity contribution in [3.8, 4) is 0 Å². The maximum atomic E-state index is 4.97. The van der Waals surface area contributed by atoms with Crippen LogP contribution >= 0.6 is 0 Å². The van der Waals surface area contributed by atoms with Crippen LogP contribution in [0.1, 0.15) is 167 Å². The molecule has 0 fully saturated rings. The van der Waals surface area contributed by atoms with E-state index in [-0.39, 0.29) is 0 Å². The average molecular weight is 573 g/mol. The van der Waals surface area contributed by atoms with Crippen LogP contribution in [0.5, 0.6) is 0 Å². The molecule has 0 spiro atoms. The molecule has 0 radical (unpaired) electrons. The van der Waals surface area contributed by atoms with Crippen LogP contribution < -0.4 is 0 Å². The number of rotatable bonds is 26. The summed E-state index contributed by atoms with van der Waals surface area (Å²) in [4.78, 5) is 9.77. The van der Waals surface area contributed by atoms with Gasteiger partial charge in [0.2, 0.25) is 0 Å². The molecule has 0 bridgehead atoms. The molecule has 0 aliphatic heterocycles. The largest absolute Gasteiger partial charge is 0.255 e. The summed E-state index contributed by atoms with van der Waals surface area (Å²) in [6.45, 7) is 6.82. The van der Waals surface area contributed by atoms with Gasteiger partial charge < -0.3 is 0 Å². The number of hydrogen-bond acceptors (Lipinski definition) is 2. The second-order valence-corrected chi connectivity index (χ2v) is 12.5. The number of unbranched alkanes of at least 4 members (excludes halogenated alkanes) is 17. The van der Waals surface area contributed by atoms with Crippen molar-refractivity contribution in [3.63, 3.8) is 0 Å². The van der Waals surface area contributed by atoms with E-state index in [9.17, 15) is 0 Å². The average Bonchev–Trinajstić information content (AvgIpc) is 3.02. The van der Waals surface area contributed by atoms with Gasteiger partial charge in [-0.15, -0.1) is 0 Å². The molecule has 2 aromatic rings. The molecule has 0 heterocycles. The van der Waals surface area contributed by atoms with E-state index < -0.39 is 0 Å². The maximum Gasteiger partial charge on any atom is 0.0633 e. The molecule has 2 heteroatoms. The quantitative estimate of drug-likeness (QED) is 0.0791. The highest BCUT2D eigenvalue weighted by Crippen LogP contribution is 2.19. The fourth-order valence-electron chi connectivity index (χ4n) is 5.59. The smallest absolute Gasteiger partial charge is 0.0633 e. The van der Waals surface area contributed by atoms with Crippen molar-refractivity contribution in [2.24, 2.45) is 9.98 Å². The van der Waals surface area contributed by atoms with E-state index in [0.717, 1.165) is 36.3 Å². The fraction of sp³-hybridized carbons (Fsp3) is 0.650. The van der Waals surface area contributed by atoms with E-state index in [2.05, 4.69) is 69.3 Å². The zero-order valence-electron chi connectivity index (χ0n) is 27.9. The van der Waals surface area contributed by atoms with Crippen LogP contribution in [0.4, 0.5) is 11.4 Å². The molecule has 0 saturated heterocycles. The fourth-order valence-corrected chi connectivity index (χ4v) is 5.59. The first kappa shape index (κ1) is 36.0. The summed E-state index contributed by atoms with van der Waals surface area (Å²) in [6.07, 6.45) is 32.5. The van der Waals surface area contributed by atoms with E-state index in [4.69, 9.17) is 9.98 Å². The first-order chi connectivity index (χ1) is 20.7. The van der Waals surface area contributed by atoms with Gasteiger partial charge in [0.15, 0.2) is 0 Å². The topological polar surface area (TPSA) is 24.7 Å². The predicted molar refractivity (Wildman–Crippen MR) is 190 cm³/mol. The van der Waals surface area contributed by atoms with Crippen LogP contribution in [0, 0.1) is 0 Å². The first-order valence-electron chi connectivity index (χ1n) is 18.0. The number of aryl methyl sites for hydroxylation is 2. The van der Waals surface area contributed by atoms with Crippen molar-refractivity contribution in [2.75, 3.05) is 0 Å². The van der Waals surface area contributed by atoms with Gasteiger partial charge in [-0.1, -0.05) is 154 Å². The minimum Gasteiger partial charge on any atom is -0.255 e. The Morgan fingerprint density at radius 1 is 0.452 bits per heavy atom. The molecule has 2 rings (SSSR count). The Labute approximate surface area is 260 Å². The third-order valence-corrected chi connectivity index (χ3v) is 8.43. The monoisotopic (exact) mass is 573 g/mol. The molecule has 2 nitrogen and oxygen atoms in total. The summed E-state index contributed by atoms with van der Waals surface area (Å²) in [5.41, 5.74) is 6.00. The third-order valence-electron chi connectivity index (χ3n) is 8.43. The summed E-state index contributed by atoms with van der Waals surface area (Å²) >= 11 is 0. The summed E-state index contributed by atoms with van der Waals surface area (Å²) < 4.78 is 0. The van der Waals surface area contributed by atoms with Crippen LogP contribution in [0.15, 0.2) is 58.5 Å². The molecule has 0 aliphatic carbocycles. The van der Waals surface area contributed by atoms with Crippen LogP contribution in [-0.2, 0) is 12.8 Å². The Morgan fingerprint density at radius 2 is 0.833 bits per heavy atom. The van der Waals surface area contributed by atoms with Crippen molar-refractivity contribution in [1.82, 2.24) is 0 Å². The van der Waals surface area contributed by atoms with Gasteiger partial charge in [-0.3, -0.25) is 9.98 Å². The molecule has 0 saturated carbocycles. The number of benzene rings is 2. The summed E-state index contributed by atoms with van der Waals surface area (Å²) in [6, 6.07) is 17.7. The van der Waals surface area contributed by atoms with E-state index in [1.54, 1.807) is 0 Å². The number of aliphatic imine (C=N–C) groups is 2. The first-order valence-corrected chi connectivity index (χ1v) is 18.0. The maximum absolute atomic E-state index is 4.97. The van der Waals surface area contributed by atoms with Crippen molar-refractivity contribution in [3.05, 3.63) is 59.7 Å². The van der Waals surface area contributed by atoms with E-state index in [1.165, 1.54) is 140 Å². The Hall–Kier alpha value is -2.22. The highest BCUT2D eigenvalue weighted by Gasteiger charge is 2.01. The van der Waals surface area contributed by atoms with Crippen LogP contribution in [0.25, 0.3) is 0 Å². The number of nitrogens with zero attached hydrogens (tertiary/aromatic N) is 2. The summed E-state index contributed by atoms with van der Waals surface area (Å²) in [7, 11) is 0. The van der Waals surface area contributed by atoms with Gasteiger partial charge in [0.05, 0.1) is 17.1 Å². The lowest BCUT2D eigenvalue weighted by atomic mass is 10.0. The Balaban J connectivity index is 1.74. The highest BCUT2D eigenvalue weighted by molar-refractivity contribution is 6.31. The normalized spacial score (nSPS) is 12.0.